The maximum absolute atomic E-state index is 6.31. The van der Waals surface area contributed by atoms with Gasteiger partial charge in [0.1, 0.15) is 23.0 Å². The molecule has 0 amide bonds. The Morgan fingerprint density at radius 3 is 1.77 bits per heavy atom. The van der Waals surface area contributed by atoms with Crippen LogP contribution in [0.5, 0.6) is 23.0 Å². The summed E-state index contributed by atoms with van der Waals surface area (Å²) in [7, 11) is 0. The van der Waals surface area contributed by atoms with Gasteiger partial charge in [-0.05, 0) is 54.6 Å². The number of nitrogen functional groups attached to an aromatic ring is 4. The first-order chi connectivity index (χ1) is 14.5. The van der Waals surface area contributed by atoms with E-state index >= 15 is 0 Å². The summed E-state index contributed by atoms with van der Waals surface area (Å²) in [6, 6.07) is 25.2. The molecule has 4 aromatic rings. The van der Waals surface area contributed by atoms with Crippen LogP contribution in [-0.4, -0.2) is 0 Å². The molecule has 0 saturated heterocycles. The predicted molar refractivity (Wildman–Crippen MR) is 123 cm³/mol. The summed E-state index contributed by atoms with van der Waals surface area (Å²) in [6.07, 6.45) is 0. The fraction of sp³-hybridized carbons (Fsp3) is 0. The topological polar surface area (TPSA) is 123 Å². The molecule has 0 bridgehead atoms. The fourth-order valence-corrected chi connectivity index (χ4v) is 3.16. The summed E-state index contributed by atoms with van der Waals surface area (Å²) in [5, 5.41) is 0. The van der Waals surface area contributed by atoms with Gasteiger partial charge in [0.15, 0.2) is 0 Å². The minimum Gasteiger partial charge on any atom is -0.457 e. The normalized spacial score (nSPS) is 10.5. The van der Waals surface area contributed by atoms with Gasteiger partial charge in [-0.15, -0.1) is 0 Å². The van der Waals surface area contributed by atoms with Crippen molar-refractivity contribution in [3.63, 3.8) is 0 Å². The molecule has 0 unspecified atom stereocenters. The lowest BCUT2D eigenvalue weighted by Crippen LogP contribution is -1.98. The van der Waals surface area contributed by atoms with Crippen LogP contribution in [-0.2, 0) is 0 Å². The molecule has 0 spiro atoms. The van der Waals surface area contributed by atoms with E-state index in [-0.39, 0.29) is 0 Å². The van der Waals surface area contributed by atoms with Crippen molar-refractivity contribution in [2.45, 2.75) is 0 Å². The van der Waals surface area contributed by atoms with Gasteiger partial charge in [-0.1, -0.05) is 18.2 Å². The molecule has 0 fully saturated rings. The summed E-state index contributed by atoms with van der Waals surface area (Å²) >= 11 is 0. The van der Waals surface area contributed by atoms with E-state index in [1.165, 1.54) is 0 Å². The smallest absolute Gasteiger partial charge is 0.137 e. The molecule has 0 atom stereocenters. The lowest BCUT2D eigenvalue weighted by Gasteiger charge is -2.16. The van der Waals surface area contributed by atoms with Gasteiger partial charge < -0.3 is 32.4 Å². The molecule has 4 rings (SSSR count). The summed E-state index contributed by atoms with van der Waals surface area (Å²) in [6.45, 7) is 0. The zero-order valence-electron chi connectivity index (χ0n) is 16.2. The third-order valence-electron chi connectivity index (χ3n) is 4.53. The van der Waals surface area contributed by atoms with E-state index in [2.05, 4.69) is 0 Å². The van der Waals surface area contributed by atoms with E-state index in [0.717, 1.165) is 0 Å². The van der Waals surface area contributed by atoms with Gasteiger partial charge in [-0.25, -0.2) is 0 Å². The number of hydrogen-bond donors (Lipinski definition) is 4. The minimum absolute atomic E-state index is 0.532. The van der Waals surface area contributed by atoms with E-state index in [9.17, 15) is 0 Å². The Morgan fingerprint density at radius 1 is 0.500 bits per heavy atom. The molecule has 0 aliphatic carbocycles. The van der Waals surface area contributed by atoms with Crippen molar-refractivity contribution in [1.29, 1.82) is 0 Å². The molecule has 6 nitrogen and oxygen atoms in total. The Bertz CT molecular complexity index is 1210. The maximum atomic E-state index is 6.31. The van der Waals surface area contributed by atoms with Crippen molar-refractivity contribution in [2.24, 2.45) is 0 Å². The van der Waals surface area contributed by atoms with Crippen molar-refractivity contribution in [1.82, 2.24) is 0 Å². The Labute approximate surface area is 174 Å². The molecule has 0 radical (unpaired) electrons. The second kappa shape index (κ2) is 7.97. The highest BCUT2D eigenvalue weighted by Gasteiger charge is 2.15. The van der Waals surface area contributed by atoms with Gasteiger partial charge in [-0.3, -0.25) is 0 Å². The zero-order valence-corrected chi connectivity index (χ0v) is 16.2. The average Bonchev–Trinajstić information content (AvgIpc) is 2.70. The van der Waals surface area contributed by atoms with Crippen molar-refractivity contribution in [3.05, 3.63) is 84.9 Å². The first kappa shape index (κ1) is 19.0. The molecule has 0 aliphatic heterocycles. The van der Waals surface area contributed by atoms with Crippen molar-refractivity contribution < 1.29 is 9.47 Å². The van der Waals surface area contributed by atoms with Crippen LogP contribution in [0.4, 0.5) is 22.7 Å². The molecule has 0 aliphatic rings. The molecule has 8 N–H and O–H groups in total. The molecular weight excluding hydrogens is 376 g/mol. The third kappa shape index (κ3) is 4.07. The second-order valence-corrected chi connectivity index (χ2v) is 6.82. The molecule has 150 valence electrons. The Hall–Kier alpha value is -4.32. The first-order valence-electron chi connectivity index (χ1n) is 9.35. The number of rotatable bonds is 5. The standard InChI is InChI=1S/C24H22N4O2/c25-15-4-1-6-17(12-15)29-19-10-11-21(27)20(14-19)24-22(28)8-3-9-23(24)30-18-7-2-5-16(26)13-18/h1-14H,25-28H2. The highest BCUT2D eigenvalue weighted by Crippen LogP contribution is 2.42. The summed E-state index contributed by atoms with van der Waals surface area (Å²) in [5.74, 6) is 2.40. The van der Waals surface area contributed by atoms with Crippen molar-refractivity contribution >= 4 is 22.7 Å². The highest BCUT2D eigenvalue weighted by atomic mass is 16.5. The monoisotopic (exact) mass is 398 g/mol. The van der Waals surface area contributed by atoms with Gasteiger partial charge in [0.05, 0.1) is 0 Å². The van der Waals surface area contributed by atoms with Gasteiger partial charge in [-0.2, -0.15) is 0 Å². The largest absolute Gasteiger partial charge is 0.457 e. The van der Waals surface area contributed by atoms with E-state index < -0.39 is 0 Å². The van der Waals surface area contributed by atoms with Gasteiger partial charge in [0.25, 0.3) is 0 Å². The van der Waals surface area contributed by atoms with Crippen LogP contribution >= 0.6 is 0 Å². The van der Waals surface area contributed by atoms with Crippen LogP contribution in [0.25, 0.3) is 11.1 Å². The second-order valence-electron chi connectivity index (χ2n) is 6.82. The Balaban J connectivity index is 1.74. The quantitative estimate of drug-likeness (QED) is 0.340. The SMILES string of the molecule is Nc1cccc(Oc2ccc(N)c(-c3c(N)cccc3Oc3cccc(N)c3)c2)c1. The van der Waals surface area contributed by atoms with Crippen LogP contribution in [0, 0.1) is 0 Å². The number of ether oxygens (including phenoxy) is 2. The number of anilines is 4. The van der Waals surface area contributed by atoms with Crippen LogP contribution < -0.4 is 32.4 Å². The van der Waals surface area contributed by atoms with Gasteiger partial charge >= 0.3 is 0 Å². The van der Waals surface area contributed by atoms with E-state index in [4.69, 9.17) is 32.4 Å². The number of hydrogen-bond acceptors (Lipinski definition) is 6. The average molecular weight is 398 g/mol. The summed E-state index contributed by atoms with van der Waals surface area (Å²) in [4.78, 5) is 0. The lowest BCUT2D eigenvalue weighted by molar-refractivity contribution is 0.482. The number of nitrogens with two attached hydrogens (primary N) is 4. The molecule has 4 aromatic carbocycles. The summed E-state index contributed by atoms with van der Waals surface area (Å²) in [5.41, 5.74) is 28.0. The molecule has 30 heavy (non-hydrogen) atoms. The van der Waals surface area contributed by atoms with Gasteiger partial charge in [0, 0.05) is 46.0 Å². The molecule has 0 heterocycles. The van der Waals surface area contributed by atoms with E-state index in [1.807, 2.05) is 42.5 Å². The maximum Gasteiger partial charge on any atom is 0.137 e. The highest BCUT2D eigenvalue weighted by molar-refractivity contribution is 5.89. The first-order valence-corrected chi connectivity index (χ1v) is 9.35. The van der Waals surface area contributed by atoms with Crippen molar-refractivity contribution in [2.75, 3.05) is 22.9 Å². The zero-order chi connectivity index (χ0) is 21.1. The van der Waals surface area contributed by atoms with Crippen LogP contribution in [0.1, 0.15) is 0 Å². The Kier molecular flexibility index (Phi) is 5.05. The number of benzene rings is 4. The lowest BCUT2D eigenvalue weighted by atomic mass is 10.0. The van der Waals surface area contributed by atoms with Crippen LogP contribution in [0.15, 0.2) is 84.9 Å². The fourth-order valence-electron chi connectivity index (χ4n) is 3.16. The molecule has 6 heteroatoms. The van der Waals surface area contributed by atoms with E-state index in [0.29, 0.717) is 56.9 Å². The third-order valence-corrected chi connectivity index (χ3v) is 4.53. The predicted octanol–water partition coefficient (Wildman–Crippen LogP) is 5.27. The Morgan fingerprint density at radius 2 is 1.10 bits per heavy atom. The van der Waals surface area contributed by atoms with Crippen LogP contribution in [0.3, 0.4) is 0 Å². The molecule has 0 saturated carbocycles. The summed E-state index contributed by atoms with van der Waals surface area (Å²) < 4.78 is 12.0. The molecule has 0 aromatic heterocycles. The van der Waals surface area contributed by atoms with Gasteiger partial charge in [0.2, 0.25) is 0 Å². The van der Waals surface area contributed by atoms with Crippen molar-refractivity contribution in [3.8, 4) is 34.1 Å². The van der Waals surface area contributed by atoms with Crippen LogP contribution in [0.2, 0.25) is 0 Å². The molecular formula is C24H22N4O2. The minimum atomic E-state index is 0.532. The van der Waals surface area contributed by atoms with E-state index in [1.54, 1.807) is 42.5 Å².